The Balaban J connectivity index is 1.61. The number of imidazole rings is 1. The number of aryl methyl sites for hydroxylation is 1. The highest BCUT2D eigenvalue weighted by atomic mass is 16.2. The molecule has 0 aromatic carbocycles. The molecule has 0 spiro atoms. The predicted octanol–water partition coefficient (Wildman–Crippen LogP) is 3.02. The number of carbonyl (C=O) groups excluding carboxylic acids is 1. The lowest BCUT2D eigenvalue weighted by molar-refractivity contribution is 0.0933. The Kier molecular flexibility index (Phi) is 4.19. The van der Waals surface area contributed by atoms with Crippen molar-refractivity contribution in [1.82, 2.24) is 29.5 Å². The van der Waals surface area contributed by atoms with E-state index in [1.807, 2.05) is 67.8 Å². The Labute approximate surface area is 156 Å². The van der Waals surface area contributed by atoms with Crippen LogP contribution in [0.1, 0.15) is 40.4 Å². The molecule has 1 atom stereocenters. The first kappa shape index (κ1) is 17.0. The maximum atomic E-state index is 12.9. The molecule has 0 aliphatic rings. The number of pyridine rings is 2. The molecular formula is C20H20N6O. The van der Waals surface area contributed by atoms with E-state index in [4.69, 9.17) is 0 Å². The van der Waals surface area contributed by atoms with Crippen LogP contribution in [-0.4, -0.2) is 30.1 Å². The van der Waals surface area contributed by atoms with Crippen LogP contribution in [0.4, 0.5) is 0 Å². The molecule has 4 heterocycles. The molecule has 0 radical (unpaired) electrons. The van der Waals surface area contributed by atoms with Crippen molar-refractivity contribution in [3.05, 3.63) is 77.6 Å². The number of hydrogen-bond acceptors (Lipinski definition) is 4. The molecule has 27 heavy (non-hydrogen) atoms. The van der Waals surface area contributed by atoms with Gasteiger partial charge < -0.3 is 5.32 Å². The lowest BCUT2D eigenvalue weighted by Gasteiger charge is -2.14. The minimum atomic E-state index is -0.205. The van der Waals surface area contributed by atoms with Crippen LogP contribution in [0.2, 0.25) is 0 Å². The maximum Gasteiger partial charge on any atom is 0.270 e. The first-order valence-corrected chi connectivity index (χ1v) is 8.76. The first-order chi connectivity index (χ1) is 13.1. The number of amides is 1. The predicted molar refractivity (Wildman–Crippen MR) is 102 cm³/mol. The van der Waals surface area contributed by atoms with Crippen molar-refractivity contribution in [3.8, 4) is 5.82 Å². The molecule has 1 amide bonds. The van der Waals surface area contributed by atoms with Gasteiger partial charge in [-0.2, -0.15) is 5.10 Å². The minimum absolute atomic E-state index is 0.163. The van der Waals surface area contributed by atoms with Crippen LogP contribution in [0, 0.1) is 13.8 Å². The number of aromatic nitrogens is 5. The number of carbonyl (C=O) groups is 1. The van der Waals surface area contributed by atoms with Gasteiger partial charge >= 0.3 is 0 Å². The molecule has 1 N–H and O–H groups in total. The van der Waals surface area contributed by atoms with Crippen molar-refractivity contribution in [2.45, 2.75) is 26.8 Å². The summed E-state index contributed by atoms with van der Waals surface area (Å²) < 4.78 is 3.58. The van der Waals surface area contributed by atoms with E-state index in [1.165, 1.54) is 0 Å². The van der Waals surface area contributed by atoms with Gasteiger partial charge in [0.05, 0.1) is 17.9 Å². The Morgan fingerprint density at radius 2 is 1.96 bits per heavy atom. The smallest absolute Gasteiger partial charge is 0.270 e. The fourth-order valence-corrected chi connectivity index (χ4v) is 3.29. The van der Waals surface area contributed by atoms with Gasteiger partial charge in [-0.3, -0.25) is 9.20 Å². The molecule has 4 aromatic rings. The summed E-state index contributed by atoms with van der Waals surface area (Å²) in [6.45, 7) is 5.76. The highest BCUT2D eigenvalue weighted by Crippen LogP contribution is 2.20. The summed E-state index contributed by atoms with van der Waals surface area (Å²) >= 11 is 0. The second kappa shape index (κ2) is 6.68. The van der Waals surface area contributed by atoms with E-state index in [2.05, 4.69) is 20.4 Å². The molecule has 0 saturated carbocycles. The van der Waals surface area contributed by atoms with Gasteiger partial charge in [-0.15, -0.1) is 0 Å². The molecule has 0 aliphatic heterocycles. The molecule has 7 nitrogen and oxygen atoms in total. The minimum Gasteiger partial charge on any atom is -0.344 e. The highest BCUT2D eigenvalue weighted by Gasteiger charge is 2.21. The lowest BCUT2D eigenvalue weighted by atomic mass is 10.1. The fraction of sp³-hybridized carbons (Fsp3) is 0.200. The van der Waals surface area contributed by atoms with Crippen LogP contribution in [0.5, 0.6) is 0 Å². The largest absolute Gasteiger partial charge is 0.344 e. The van der Waals surface area contributed by atoms with E-state index in [0.717, 1.165) is 22.7 Å². The van der Waals surface area contributed by atoms with Gasteiger partial charge in [-0.1, -0.05) is 12.1 Å². The molecule has 0 aliphatic carbocycles. The zero-order chi connectivity index (χ0) is 19.0. The quantitative estimate of drug-likeness (QED) is 0.607. The monoisotopic (exact) mass is 360 g/mol. The van der Waals surface area contributed by atoms with Crippen LogP contribution in [0.15, 0.2) is 55.0 Å². The summed E-state index contributed by atoms with van der Waals surface area (Å²) in [5, 5.41) is 7.49. The van der Waals surface area contributed by atoms with Crippen molar-refractivity contribution in [2.75, 3.05) is 0 Å². The normalized spacial score (nSPS) is 12.3. The zero-order valence-corrected chi connectivity index (χ0v) is 15.4. The Morgan fingerprint density at radius 3 is 2.74 bits per heavy atom. The molecule has 4 rings (SSSR count). The Bertz CT molecular complexity index is 1110. The topological polar surface area (TPSA) is 77.1 Å². The van der Waals surface area contributed by atoms with Gasteiger partial charge in [-0.05, 0) is 45.0 Å². The fourth-order valence-electron chi connectivity index (χ4n) is 3.29. The number of rotatable bonds is 4. The molecule has 0 unspecified atom stereocenters. The second-order valence-electron chi connectivity index (χ2n) is 6.45. The van der Waals surface area contributed by atoms with Gasteiger partial charge in [0.2, 0.25) is 0 Å². The van der Waals surface area contributed by atoms with Gasteiger partial charge in [0.25, 0.3) is 5.91 Å². The van der Waals surface area contributed by atoms with Crippen molar-refractivity contribution in [3.63, 3.8) is 0 Å². The van der Waals surface area contributed by atoms with Crippen LogP contribution in [0.25, 0.3) is 11.5 Å². The standard InChI is InChI=1S/C20H20N6O/c1-13(16-12-22-26(15(16)3)17-8-4-6-10-21-17)24-20(27)19-14(2)23-18-9-5-7-11-25(18)19/h4-13H,1-3H3,(H,24,27)/t13-/m0/s1. The van der Waals surface area contributed by atoms with Gasteiger partial charge in [-0.25, -0.2) is 14.6 Å². The van der Waals surface area contributed by atoms with E-state index in [1.54, 1.807) is 17.1 Å². The molecule has 0 saturated heterocycles. The third-order valence-corrected chi connectivity index (χ3v) is 4.65. The van der Waals surface area contributed by atoms with Crippen molar-refractivity contribution in [2.24, 2.45) is 0 Å². The molecule has 0 bridgehead atoms. The molecular weight excluding hydrogens is 340 g/mol. The van der Waals surface area contributed by atoms with Gasteiger partial charge in [0.15, 0.2) is 5.82 Å². The number of nitrogens with one attached hydrogen (secondary N) is 1. The summed E-state index contributed by atoms with van der Waals surface area (Å²) in [5.74, 6) is 0.584. The summed E-state index contributed by atoms with van der Waals surface area (Å²) in [5.41, 5.74) is 3.89. The third kappa shape index (κ3) is 2.97. The van der Waals surface area contributed by atoms with E-state index in [0.29, 0.717) is 11.4 Å². The molecule has 0 fully saturated rings. The van der Waals surface area contributed by atoms with Crippen molar-refractivity contribution >= 4 is 11.6 Å². The summed E-state index contributed by atoms with van der Waals surface area (Å²) in [6, 6.07) is 11.1. The number of hydrogen-bond donors (Lipinski definition) is 1. The van der Waals surface area contributed by atoms with Crippen molar-refractivity contribution in [1.29, 1.82) is 0 Å². The van der Waals surface area contributed by atoms with E-state index < -0.39 is 0 Å². The van der Waals surface area contributed by atoms with Crippen LogP contribution >= 0.6 is 0 Å². The Morgan fingerprint density at radius 1 is 1.15 bits per heavy atom. The van der Waals surface area contributed by atoms with E-state index in [9.17, 15) is 4.79 Å². The highest BCUT2D eigenvalue weighted by molar-refractivity contribution is 5.94. The SMILES string of the molecule is Cc1nc2ccccn2c1C(=O)N[C@@H](C)c1cnn(-c2ccccn2)c1C. The average molecular weight is 360 g/mol. The average Bonchev–Trinajstić information content (AvgIpc) is 3.21. The summed E-state index contributed by atoms with van der Waals surface area (Å²) in [4.78, 5) is 21.7. The molecule has 136 valence electrons. The first-order valence-electron chi connectivity index (χ1n) is 8.76. The lowest BCUT2D eigenvalue weighted by Crippen LogP contribution is -2.28. The van der Waals surface area contributed by atoms with Crippen LogP contribution in [0.3, 0.4) is 0 Å². The van der Waals surface area contributed by atoms with Gasteiger partial charge in [0.1, 0.15) is 11.3 Å². The summed E-state index contributed by atoms with van der Waals surface area (Å²) in [6.07, 6.45) is 5.35. The second-order valence-corrected chi connectivity index (χ2v) is 6.45. The number of nitrogens with zero attached hydrogens (tertiary/aromatic N) is 5. The molecule has 4 aromatic heterocycles. The van der Waals surface area contributed by atoms with E-state index >= 15 is 0 Å². The Hall–Kier alpha value is -3.48. The van der Waals surface area contributed by atoms with Gasteiger partial charge in [0, 0.05) is 23.7 Å². The molecule has 7 heteroatoms. The maximum absolute atomic E-state index is 12.9. The van der Waals surface area contributed by atoms with Crippen molar-refractivity contribution < 1.29 is 4.79 Å². The van der Waals surface area contributed by atoms with E-state index in [-0.39, 0.29) is 11.9 Å². The third-order valence-electron chi connectivity index (χ3n) is 4.65. The van der Waals surface area contributed by atoms with Crippen LogP contribution in [-0.2, 0) is 0 Å². The number of fused-ring (bicyclic) bond motifs is 1. The summed E-state index contributed by atoms with van der Waals surface area (Å²) in [7, 11) is 0. The van der Waals surface area contributed by atoms with Crippen LogP contribution < -0.4 is 5.32 Å². The zero-order valence-electron chi connectivity index (χ0n) is 15.4.